The maximum Gasteiger partial charge on any atom is 0.416 e. The zero-order valence-electron chi connectivity index (χ0n) is 13.7. The number of nitrogens with zero attached hydrogens (tertiary/aromatic N) is 1. The maximum atomic E-state index is 12.7. The molecular formula is C16H23F3N2O2. The molecule has 1 atom stereocenters. The highest BCUT2D eigenvalue weighted by Crippen LogP contribution is 2.30. The van der Waals surface area contributed by atoms with Gasteiger partial charge in [-0.3, -0.25) is 0 Å². The van der Waals surface area contributed by atoms with E-state index in [0.717, 1.165) is 12.1 Å². The van der Waals surface area contributed by atoms with Crippen molar-refractivity contribution in [3.8, 4) is 0 Å². The van der Waals surface area contributed by atoms with Crippen LogP contribution in [0.1, 0.15) is 44.9 Å². The Labute approximate surface area is 134 Å². The van der Waals surface area contributed by atoms with E-state index in [1.54, 1.807) is 27.7 Å². The van der Waals surface area contributed by atoms with Crippen LogP contribution in [0.15, 0.2) is 24.3 Å². The SMILES string of the molecule is CCN(CC(C)(C)O)C(=O)NC(C)c1cccc(C(F)(F)F)c1. The fourth-order valence-electron chi connectivity index (χ4n) is 2.14. The van der Waals surface area contributed by atoms with Crippen molar-refractivity contribution in [1.29, 1.82) is 0 Å². The minimum absolute atomic E-state index is 0.130. The van der Waals surface area contributed by atoms with E-state index in [2.05, 4.69) is 5.32 Å². The predicted octanol–water partition coefficient (Wildman–Crippen LogP) is 3.57. The summed E-state index contributed by atoms with van der Waals surface area (Å²) in [5, 5.41) is 12.5. The monoisotopic (exact) mass is 332 g/mol. The van der Waals surface area contributed by atoms with Gasteiger partial charge in [-0.05, 0) is 45.4 Å². The number of hydrogen-bond donors (Lipinski definition) is 2. The van der Waals surface area contributed by atoms with Gasteiger partial charge in [-0.1, -0.05) is 12.1 Å². The van der Waals surface area contributed by atoms with Crippen LogP contribution >= 0.6 is 0 Å². The first kappa shape index (κ1) is 19.3. The zero-order valence-corrected chi connectivity index (χ0v) is 13.7. The molecule has 0 radical (unpaired) electrons. The van der Waals surface area contributed by atoms with Crippen LogP contribution in [-0.2, 0) is 6.18 Å². The topological polar surface area (TPSA) is 52.6 Å². The number of hydrogen-bond acceptors (Lipinski definition) is 2. The molecule has 2 amide bonds. The van der Waals surface area contributed by atoms with Gasteiger partial charge in [-0.25, -0.2) is 4.79 Å². The van der Waals surface area contributed by atoms with Crippen LogP contribution in [0.25, 0.3) is 0 Å². The molecule has 0 aliphatic rings. The normalized spacial score (nSPS) is 13.6. The first-order valence-corrected chi connectivity index (χ1v) is 7.39. The molecule has 0 saturated carbocycles. The highest BCUT2D eigenvalue weighted by molar-refractivity contribution is 5.74. The van der Waals surface area contributed by atoms with Crippen molar-refractivity contribution in [2.24, 2.45) is 0 Å². The summed E-state index contributed by atoms with van der Waals surface area (Å²) < 4.78 is 38.2. The van der Waals surface area contributed by atoms with Gasteiger partial charge in [0.1, 0.15) is 0 Å². The van der Waals surface area contributed by atoms with Crippen molar-refractivity contribution in [1.82, 2.24) is 10.2 Å². The lowest BCUT2D eigenvalue weighted by atomic mass is 10.0. The first-order chi connectivity index (χ1) is 10.4. The Morgan fingerprint density at radius 1 is 1.35 bits per heavy atom. The summed E-state index contributed by atoms with van der Waals surface area (Å²) in [6, 6.07) is 3.85. The Morgan fingerprint density at radius 2 is 1.96 bits per heavy atom. The summed E-state index contributed by atoms with van der Waals surface area (Å²) in [5.74, 6) is 0. The van der Waals surface area contributed by atoms with E-state index < -0.39 is 29.4 Å². The number of alkyl halides is 3. The third-order valence-corrected chi connectivity index (χ3v) is 3.30. The zero-order chi connectivity index (χ0) is 17.8. The summed E-state index contributed by atoms with van der Waals surface area (Å²) in [6.45, 7) is 7.06. The predicted molar refractivity (Wildman–Crippen MR) is 81.9 cm³/mol. The van der Waals surface area contributed by atoms with Gasteiger partial charge in [-0.15, -0.1) is 0 Å². The smallest absolute Gasteiger partial charge is 0.389 e. The average molecular weight is 332 g/mol. The van der Waals surface area contributed by atoms with Crippen LogP contribution < -0.4 is 5.32 Å². The Hall–Kier alpha value is -1.76. The molecule has 1 aromatic rings. The number of carbonyl (C=O) groups is 1. The van der Waals surface area contributed by atoms with E-state index >= 15 is 0 Å². The largest absolute Gasteiger partial charge is 0.416 e. The number of urea groups is 1. The van der Waals surface area contributed by atoms with Crippen LogP contribution in [0.4, 0.5) is 18.0 Å². The molecular weight excluding hydrogens is 309 g/mol. The Bertz CT molecular complexity index is 539. The molecule has 0 aromatic heterocycles. The molecule has 7 heteroatoms. The second kappa shape index (κ2) is 7.21. The van der Waals surface area contributed by atoms with Crippen molar-refractivity contribution >= 4 is 6.03 Å². The molecule has 23 heavy (non-hydrogen) atoms. The fourth-order valence-corrected chi connectivity index (χ4v) is 2.14. The first-order valence-electron chi connectivity index (χ1n) is 7.39. The highest BCUT2D eigenvalue weighted by atomic mass is 19.4. The molecule has 0 heterocycles. The van der Waals surface area contributed by atoms with Gasteiger partial charge in [0, 0.05) is 6.54 Å². The Balaban J connectivity index is 2.82. The number of halogens is 3. The molecule has 1 rings (SSSR count). The Kier molecular flexibility index (Phi) is 6.04. The molecule has 0 saturated heterocycles. The number of nitrogens with one attached hydrogen (secondary N) is 1. The number of amides is 2. The van der Waals surface area contributed by atoms with Crippen LogP contribution in [0, 0.1) is 0 Å². The Morgan fingerprint density at radius 3 is 2.43 bits per heavy atom. The summed E-state index contributed by atoms with van der Waals surface area (Å²) in [6.07, 6.45) is -4.42. The lowest BCUT2D eigenvalue weighted by Gasteiger charge is -2.29. The van der Waals surface area contributed by atoms with Crippen molar-refractivity contribution in [3.63, 3.8) is 0 Å². The number of benzene rings is 1. The van der Waals surface area contributed by atoms with E-state index in [9.17, 15) is 23.1 Å². The minimum Gasteiger partial charge on any atom is -0.389 e. The summed E-state index contributed by atoms with van der Waals surface area (Å²) in [7, 11) is 0. The number of rotatable bonds is 5. The number of likely N-dealkylation sites (N-methyl/N-ethyl adjacent to an activating group) is 1. The standard InChI is InChI=1S/C16H23F3N2O2/c1-5-21(10-15(3,4)23)14(22)20-11(2)12-7-6-8-13(9-12)16(17,18)19/h6-9,11,23H,5,10H2,1-4H3,(H,20,22). The summed E-state index contributed by atoms with van der Waals surface area (Å²) in [5.41, 5.74) is -1.43. The van der Waals surface area contributed by atoms with Gasteiger partial charge in [0.05, 0.1) is 23.8 Å². The molecule has 0 bridgehead atoms. The molecule has 4 nitrogen and oxygen atoms in total. The highest BCUT2D eigenvalue weighted by Gasteiger charge is 2.31. The van der Waals surface area contributed by atoms with Gasteiger partial charge >= 0.3 is 12.2 Å². The van der Waals surface area contributed by atoms with E-state index in [-0.39, 0.29) is 6.54 Å². The van der Waals surface area contributed by atoms with Gasteiger partial charge in [0.25, 0.3) is 0 Å². The minimum atomic E-state index is -4.42. The van der Waals surface area contributed by atoms with Crippen molar-refractivity contribution < 1.29 is 23.1 Å². The molecule has 1 unspecified atom stereocenters. The lowest BCUT2D eigenvalue weighted by Crippen LogP contribution is -2.47. The molecule has 2 N–H and O–H groups in total. The van der Waals surface area contributed by atoms with Crippen molar-refractivity contribution in [2.45, 2.75) is 45.5 Å². The van der Waals surface area contributed by atoms with Crippen LogP contribution in [0.2, 0.25) is 0 Å². The second-order valence-electron chi connectivity index (χ2n) is 6.12. The molecule has 1 aromatic carbocycles. The summed E-state index contributed by atoms with van der Waals surface area (Å²) >= 11 is 0. The van der Waals surface area contributed by atoms with Crippen LogP contribution in [0.5, 0.6) is 0 Å². The molecule has 0 aliphatic carbocycles. The lowest BCUT2D eigenvalue weighted by molar-refractivity contribution is -0.137. The van der Waals surface area contributed by atoms with Gasteiger partial charge < -0.3 is 15.3 Å². The van der Waals surface area contributed by atoms with Crippen molar-refractivity contribution in [2.75, 3.05) is 13.1 Å². The number of carbonyl (C=O) groups excluding carboxylic acids is 1. The third-order valence-electron chi connectivity index (χ3n) is 3.30. The van der Waals surface area contributed by atoms with Crippen molar-refractivity contribution in [3.05, 3.63) is 35.4 Å². The van der Waals surface area contributed by atoms with Gasteiger partial charge in [-0.2, -0.15) is 13.2 Å². The molecule has 0 spiro atoms. The van der Waals surface area contributed by atoms with Gasteiger partial charge in [0.2, 0.25) is 0 Å². The quantitative estimate of drug-likeness (QED) is 0.866. The molecule has 0 aliphatic heterocycles. The summed E-state index contributed by atoms with van der Waals surface area (Å²) in [4.78, 5) is 13.6. The van der Waals surface area contributed by atoms with E-state index in [1.807, 2.05) is 0 Å². The van der Waals surface area contributed by atoms with Gasteiger partial charge in [0.15, 0.2) is 0 Å². The fraction of sp³-hybridized carbons (Fsp3) is 0.562. The van der Waals surface area contributed by atoms with E-state index in [0.29, 0.717) is 12.1 Å². The molecule has 0 fully saturated rings. The second-order valence-corrected chi connectivity index (χ2v) is 6.12. The maximum absolute atomic E-state index is 12.7. The van der Waals surface area contributed by atoms with Crippen LogP contribution in [0.3, 0.4) is 0 Å². The third kappa shape index (κ3) is 6.09. The van der Waals surface area contributed by atoms with E-state index in [1.165, 1.54) is 17.0 Å². The molecule has 130 valence electrons. The average Bonchev–Trinajstić information content (AvgIpc) is 2.42. The number of aliphatic hydroxyl groups is 1. The van der Waals surface area contributed by atoms with E-state index in [4.69, 9.17) is 0 Å². The van der Waals surface area contributed by atoms with Crippen LogP contribution in [-0.4, -0.2) is 34.7 Å².